The molecule has 1 aliphatic rings. The minimum absolute atomic E-state index is 0.397. The van der Waals surface area contributed by atoms with Gasteiger partial charge < -0.3 is 11.1 Å². The average molecular weight is 338 g/mol. The zero-order chi connectivity index (χ0) is 17.5. The van der Waals surface area contributed by atoms with Gasteiger partial charge in [-0.25, -0.2) is 4.99 Å². The molecule has 1 aromatic heterocycles. The molecule has 0 fully saturated rings. The van der Waals surface area contributed by atoms with Crippen LogP contribution in [0.2, 0.25) is 0 Å². The Kier molecular flexibility index (Phi) is 3.35. The number of nitrogens with two attached hydrogens (primary N) is 1. The summed E-state index contributed by atoms with van der Waals surface area (Å²) in [6.07, 6.45) is 3.89. The molecule has 0 radical (unpaired) electrons. The van der Waals surface area contributed by atoms with E-state index in [4.69, 9.17) is 5.73 Å². The lowest BCUT2D eigenvalue weighted by molar-refractivity contribution is 1.02. The maximum absolute atomic E-state index is 6.19. The van der Waals surface area contributed by atoms with Gasteiger partial charge in [-0.3, -0.25) is 4.98 Å². The Hall–Kier alpha value is -3.40. The fraction of sp³-hybridized carbons (Fsp3) is 0.0909. The summed E-state index contributed by atoms with van der Waals surface area (Å²) in [6.45, 7) is 0. The van der Waals surface area contributed by atoms with Crippen LogP contribution in [0.3, 0.4) is 0 Å². The zero-order valence-electron chi connectivity index (χ0n) is 14.2. The number of nitrogens with one attached hydrogen (secondary N) is 1. The Balaban J connectivity index is 1.50. The summed E-state index contributed by atoms with van der Waals surface area (Å²) in [5.41, 5.74) is 11.7. The number of aromatic nitrogens is 1. The van der Waals surface area contributed by atoms with Crippen molar-refractivity contribution < 1.29 is 0 Å². The van der Waals surface area contributed by atoms with Crippen LogP contribution in [0, 0.1) is 0 Å². The molecule has 0 bridgehead atoms. The molecule has 0 saturated carbocycles. The second-order valence-corrected chi connectivity index (χ2v) is 6.61. The number of hydrogen-bond acceptors (Lipinski definition) is 2. The first-order valence-electron chi connectivity index (χ1n) is 8.77. The van der Waals surface area contributed by atoms with E-state index in [0.717, 1.165) is 35.1 Å². The van der Waals surface area contributed by atoms with Gasteiger partial charge >= 0.3 is 0 Å². The molecular formula is C22H18N4. The highest BCUT2D eigenvalue weighted by atomic mass is 15.1. The first kappa shape index (κ1) is 14.9. The smallest absolute Gasteiger partial charge is 0.198 e. The predicted octanol–water partition coefficient (Wildman–Crippen LogP) is 4.54. The van der Waals surface area contributed by atoms with Gasteiger partial charge in [0.15, 0.2) is 5.96 Å². The van der Waals surface area contributed by atoms with Crippen molar-refractivity contribution in [3.05, 3.63) is 78.0 Å². The van der Waals surface area contributed by atoms with Crippen LogP contribution in [0.25, 0.3) is 21.7 Å². The van der Waals surface area contributed by atoms with Crippen LogP contribution in [-0.4, -0.2) is 10.9 Å². The second-order valence-electron chi connectivity index (χ2n) is 6.61. The summed E-state index contributed by atoms with van der Waals surface area (Å²) in [6, 6.07) is 20.6. The Morgan fingerprint density at radius 2 is 1.88 bits per heavy atom. The van der Waals surface area contributed by atoms with Crippen molar-refractivity contribution >= 4 is 39.0 Å². The fourth-order valence-electron chi connectivity index (χ4n) is 3.81. The summed E-state index contributed by atoms with van der Waals surface area (Å²) in [5, 5.41) is 6.89. The number of fused-ring (bicyclic) bond motifs is 1. The number of pyridine rings is 1. The minimum atomic E-state index is 0.397. The normalized spacial score (nSPS) is 13.5. The third-order valence-corrected chi connectivity index (χ3v) is 4.98. The molecular weight excluding hydrogens is 320 g/mol. The van der Waals surface area contributed by atoms with Gasteiger partial charge in [0.1, 0.15) is 0 Å². The summed E-state index contributed by atoms with van der Waals surface area (Å²) in [7, 11) is 0. The summed E-state index contributed by atoms with van der Waals surface area (Å²) in [4.78, 5) is 8.99. The largest absolute Gasteiger partial charge is 0.369 e. The molecule has 1 aliphatic carbocycles. The first-order valence-corrected chi connectivity index (χ1v) is 8.77. The minimum Gasteiger partial charge on any atom is -0.369 e. The topological polar surface area (TPSA) is 63.3 Å². The molecule has 26 heavy (non-hydrogen) atoms. The van der Waals surface area contributed by atoms with Crippen LogP contribution in [0.4, 0.5) is 11.4 Å². The Labute approximate surface area is 151 Å². The van der Waals surface area contributed by atoms with Crippen molar-refractivity contribution in [2.24, 2.45) is 10.7 Å². The summed E-state index contributed by atoms with van der Waals surface area (Å²) < 4.78 is 0. The maximum Gasteiger partial charge on any atom is 0.198 e. The number of guanidine groups is 1. The van der Waals surface area contributed by atoms with Crippen LogP contribution >= 0.6 is 0 Å². The van der Waals surface area contributed by atoms with E-state index in [1.807, 2.05) is 30.3 Å². The number of anilines is 1. The molecule has 4 aromatic rings. The second kappa shape index (κ2) is 5.85. The maximum atomic E-state index is 6.19. The molecule has 0 spiro atoms. The van der Waals surface area contributed by atoms with Crippen LogP contribution in [0.15, 0.2) is 71.9 Å². The molecule has 1 heterocycles. The van der Waals surface area contributed by atoms with E-state index in [1.165, 1.54) is 21.9 Å². The monoisotopic (exact) mass is 338 g/mol. The molecule has 5 rings (SSSR count). The van der Waals surface area contributed by atoms with E-state index >= 15 is 0 Å². The molecule has 0 atom stereocenters. The molecule has 0 saturated heterocycles. The molecule has 3 N–H and O–H groups in total. The molecule has 3 aromatic carbocycles. The number of hydrogen-bond donors (Lipinski definition) is 2. The van der Waals surface area contributed by atoms with Gasteiger partial charge in [-0.1, -0.05) is 30.3 Å². The summed E-state index contributed by atoms with van der Waals surface area (Å²) >= 11 is 0. The number of aryl methyl sites for hydroxylation is 2. The SMILES string of the molecule is NC(=Nc1ccc2cccc3c2c1CC3)Nc1ccc2ncccc2c1. The first-order chi connectivity index (χ1) is 12.8. The van der Waals surface area contributed by atoms with Gasteiger partial charge in [-0.2, -0.15) is 0 Å². The lowest BCUT2D eigenvalue weighted by atomic mass is 10.0. The van der Waals surface area contributed by atoms with Crippen LogP contribution in [0.5, 0.6) is 0 Å². The quantitative estimate of drug-likeness (QED) is 0.416. The van der Waals surface area contributed by atoms with Gasteiger partial charge in [-0.15, -0.1) is 0 Å². The van der Waals surface area contributed by atoms with E-state index in [1.54, 1.807) is 6.20 Å². The molecule has 126 valence electrons. The molecule has 0 unspecified atom stereocenters. The number of aliphatic imine (C=N–C) groups is 1. The lowest BCUT2D eigenvalue weighted by Crippen LogP contribution is -2.22. The van der Waals surface area contributed by atoms with E-state index in [-0.39, 0.29) is 0 Å². The number of nitrogens with zero attached hydrogens (tertiary/aromatic N) is 2. The number of rotatable bonds is 2. The van der Waals surface area contributed by atoms with Crippen LogP contribution < -0.4 is 11.1 Å². The van der Waals surface area contributed by atoms with Crippen molar-refractivity contribution in [1.29, 1.82) is 0 Å². The standard InChI is InChI=1S/C22H18N4/c23-22(25-17-8-11-19-16(13-17)5-2-12-24-19)26-20-10-7-15-4-1-3-14-6-9-18(20)21(14)15/h1-5,7-8,10-13H,6,9H2,(H3,23,25,26). The van der Waals surface area contributed by atoms with Gasteiger partial charge in [-0.05, 0) is 65.1 Å². The zero-order valence-corrected chi connectivity index (χ0v) is 14.2. The van der Waals surface area contributed by atoms with E-state index in [0.29, 0.717) is 5.96 Å². The van der Waals surface area contributed by atoms with Crippen LogP contribution in [0.1, 0.15) is 11.1 Å². The molecule has 4 heteroatoms. The van der Waals surface area contributed by atoms with Crippen molar-refractivity contribution in [3.63, 3.8) is 0 Å². The summed E-state index contributed by atoms with van der Waals surface area (Å²) in [5.74, 6) is 0.397. The average Bonchev–Trinajstić information content (AvgIpc) is 3.10. The van der Waals surface area contributed by atoms with Crippen LogP contribution in [-0.2, 0) is 12.8 Å². The van der Waals surface area contributed by atoms with Crippen molar-refractivity contribution in [2.75, 3.05) is 5.32 Å². The fourth-order valence-corrected chi connectivity index (χ4v) is 3.81. The molecule has 4 nitrogen and oxygen atoms in total. The predicted molar refractivity (Wildman–Crippen MR) is 108 cm³/mol. The Bertz CT molecular complexity index is 1180. The third-order valence-electron chi connectivity index (χ3n) is 4.98. The van der Waals surface area contributed by atoms with Gasteiger partial charge in [0.05, 0.1) is 11.2 Å². The Morgan fingerprint density at radius 3 is 2.85 bits per heavy atom. The van der Waals surface area contributed by atoms with Crippen molar-refractivity contribution in [1.82, 2.24) is 4.98 Å². The highest BCUT2D eigenvalue weighted by Crippen LogP contribution is 2.36. The van der Waals surface area contributed by atoms with Gasteiger partial charge in [0.2, 0.25) is 0 Å². The van der Waals surface area contributed by atoms with Gasteiger partial charge in [0.25, 0.3) is 0 Å². The molecule has 0 amide bonds. The number of benzene rings is 3. The van der Waals surface area contributed by atoms with Gasteiger partial charge in [0, 0.05) is 17.3 Å². The van der Waals surface area contributed by atoms with E-state index in [9.17, 15) is 0 Å². The van der Waals surface area contributed by atoms with E-state index < -0.39 is 0 Å². The Morgan fingerprint density at radius 1 is 0.962 bits per heavy atom. The van der Waals surface area contributed by atoms with Crippen molar-refractivity contribution in [3.8, 4) is 0 Å². The van der Waals surface area contributed by atoms with Crippen molar-refractivity contribution in [2.45, 2.75) is 12.8 Å². The van der Waals surface area contributed by atoms with E-state index in [2.05, 4.69) is 45.6 Å². The third kappa shape index (κ3) is 2.47. The molecule has 0 aliphatic heterocycles. The highest BCUT2D eigenvalue weighted by molar-refractivity contribution is 5.99. The lowest BCUT2D eigenvalue weighted by Gasteiger charge is -2.09. The highest BCUT2D eigenvalue weighted by Gasteiger charge is 2.17.